The van der Waals surface area contributed by atoms with Gasteiger partial charge in [0.15, 0.2) is 0 Å². The van der Waals surface area contributed by atoms with Gasteiger partial charge in [-0.05, 0) is 53.5 Å². The Morgan fingerprint density at radius 1 is 1.24 bits per heavy atom. The molecule has 3 heterocycles. The topological polar surface area (TPSA) is 67.1 Å². The molecule has 0 atom stereocenters. The molecule has 2 N–H and O–H groups in total. The summed E-state index contributed by atoms with van der Waals surface area (Å²) in [6, 6.07) is 2.45. The first-order valence-electron chi connectivity index (χ1n) is 7.48. The predicted molar refractivity (Wildman–Crippen MR) is 83.5 cm³/mol. The lowest BCUT2D eigenvalue weighted by molar-refractivity contribution is 0.170. The minimum Gasteiger partial charge on any atom is -0.379 e. The van der Waals surface area contributed by atoms with E-state index < -0.39 is 0 Å². The van der Waals surface area contributed by atoms with Gasteiger partial charge in [-0.25, -0.2) is 0 Å². The van der Waals surface area contributed by atoms with E-state index in [0.29, 0.717) is 6.04 Å². The summed E-state index contributed by atoms with van der Waals surface area (Å²) in [7, 11) is 0. The fraction of sp³-hybridized carbons (Fsp3) is 0.667. The average molecular weight is 288 g/mol. The molecular weight excluding hydrogens is 264 g/mol. The van der Waals surface area contributed by atoms with Crippen molar-refractivity contribution in [3.05, 3.63) is 18.1 Å². The van der Waals surface area contributed by atoms with Gasteiger partial charge in [-0.1, -0.05) is 0 Å². The van der Waals surface area contributed by atoms with Gasteiger partial charge in [0, 0.05) is 17.1 Å². The Hall–Kier alpha value is -1.69. The molecule has 114 valence electrons. The third-order valence-corrected chi connectivity index (χ3v) is 3.94. The van der Waals surface area contributed by atoms with Gasteiger partial charge in [0.2, 0.25) is 5.65 Å². The third-order valence-electron chi connectivity index (χ3n) is 3.94. The van der Waals surface area contributed by atoms with Crippen molar-refractivity contribution in [2.24, 2.45) is 0 Å². The normalized spacial score (nSPS) is 21.6. The summed E-state index contributed by atoms with van der Waals surface area (Å²) in [5.41, 5.74) is 2.99. The highest BCUT2D eigenvalue weighted by atomic mass is 15.3. The first-order chi connectivity index (χ1) is 9.74. The SMILES string of the molecule is Cc1cc(NC2CC(C)(C)NC(C)(C)C2)c2nncn2n1. The van der Waals surface area contributed by atoms with Crippen LogP contribution in [0.2, 0.25) is 0 Å². The molecule has 2 aromatic heterocycles. The molecule has 1 fully saturated rings. The van der Waals surface area contributed by atoms with Gasteiger partial charge >= 0.3 is 0 Å². The fourth-order valence-electron chi connectivity index (χ4n) is 3.70. The second-order valence-electron chi connectivity index (χ2n) is 7.44. The standard InChI is InChI=1S/C15H24N6/c1-10-6-12(13-18-16-9-21(13)19-10)17-11-7-14(2,3)20-15(4,5)8-11/h6,9,11,17,20H,7-8H2,1-5H3. The van der Waals surface area contributed by atoms with Crippen molar-refractivity contribution < 1.29 is 0 Å². The summed E-state index contributed by atoms with van der Waals surface area (Å²) in [4.78, 5) is 0. The number of hydrogen-bond acceptors (Lipinski definition) is 5. The quantitative estimate of drug-likeness (QED) is 0.886. The molecule has 6 nitrogen and oxygen atoms in total. The Kier molecular flexibility index (Phi) is 3.16. The van der Waals surface area contributed by atoms with E-state index in [1.54, 1.807) is 10.8 Å². The van der Waals surface area contributed by atoms with E-state index in [9.17, 15) is 0 Å². The minimum atomic E-state index is 0.117. The van der Waals surface area contributed by atoms with Crippen molar-refractivity contribution in [2.75, 3.05) is 5.32 Å². The van der Waals surface area contributed by atoms with Crippen molar-refractivity contribution in [1.29, 1.82) is 0 Å². The van der Waals surface area contributed by atoms with Gasteiger partial charge in [0.25, 0.3) is 0 Å². The van der Waals surface area contributed by atoms with Gasteiger partial charge in [0.1, 0.15) is 6.33 Å². The fourth-order valence-corrected chi connectivity index (χ4v) is 3.70. The second-order valence-corrected chi connectivity index (χ2v) is 7.44. The van der Waals surface area contributed by atoms with E-state index in [2.05, 4.69) is 53.6 Å². The van der Waals surface area contributed by atoms with Gasteiger partial charge in [-0.3, -0.25) is 0 Å². The summed E-state index contributed by atoms with van der Waals surface area (Å²) in [5.74, 6) is 0. The number of anilines is 1. The van der Waals surface area contributed by atoms with Crippen molar-refractivity contribution in [3.8, 4) is 0 Å². The van der Waals surface area contributed by atoms with Crippen molar-refractivity contribution in [2.45, 2.75) is 64.6 Å². The van der Waals surface area contributed by atoms with Crippen LogP contribution in [0, 0.1) is 6.92 Å². The largest absolute Gasteiger partial charge is 0.379 e. The lowest BCUT2D eigenvalue weighted by Gasteiger charge is -2.46. The van der Waals surface area contributed by atoms with Gasteiger partial charge < -0.3 is 10.6 Å². The number of fused-ring (bicyclic) bond motifs is 1. The number of aromatic nitrogens is 4. The summed E-state index contributed by atoms with van der Waals surface area (Å²) in [6.07, 6.45) is 3.78. The van der Waals surface area contributed by atoms with Crippen LogP contribution in [0.4, 0.5) is 5.69 Å². The first-order valence-corrected chi connectivity index (χ1v) is 7.48. The van der Waals surface area contributed by atoms with Crippen LogP contribution in [0.15, 0.2) is 12.4 Å². The van der Waals surface area contributed by atoms with Gasteiger partial charge in [-0.2, -0.15) is 9.61 Å². The Morgan fingerprint density at radius 3 is 2.57 bits per heavy atom. The maximum absolute atomic E-state index is 4.39. The molecule has 0 aliphatic carbocycles. The molecular formula is C15H24N6. The van der Waals surface area contributed by atoms with E-state index >= 15 is 0 Å². The Bertz CT molecular complexity index is 641. The Labute approximate surface area is 125 Å². The molecule has 0 unspecified atom stereocenters. The smallest absolute Gasteiger partial charge is 0.200 e. The highest BCUT2D eigenvalue weighted by molar-refractivity contribution is 5.67. The van der Waals surface area contributed by atoms with E-state index in [1.807, 2.05) is 13.0 Å². The Morgan fingerprint density at radius 2 is 1.90 bits per heavy atom. The van der Waals surface area contributed by atoms with Gasteiger partial charge in [-0.15, -0.1) is 10.2 Å². The number of nitrogens with zero attached hydrogens (tertiary/aromatic N) is 4. The van der Waals surface area contributed by atoms with E-state index in [1.165, 1.54) is 0 Å². The van der Waals surface area contributed by atoms with E-state index in [4.69, 9.17) is 0 Å². The van der Waals surface area contributed by atoms with E-state index in [-0.39, 0.29) is 11.1 Å². The highest BCUT2D eigenvalue weighted by Gasteiger charge is 2.37. The number of rotatable bonds is 2. The number of aryl methyl sites for hydroxylation is 1. The molecule has 1 saturated heterocycles. The van der Waals surface area contributed by atoms with Crippen LogP contribution in [0.25, 0.3) is 5.65 Å². The maximum atomic E-state index is 4.39. The van der Waals surface area contributed by atoms with Crippen molar-refractivity contribution in [1.82, 2.24) is 25.1 Å². The number of hydrogen-bond donors (Lipinski definition) is 2. The lowest BCUT2D eigenvalue weighted by Crippen LogP contribution is -2.60. The van der Waals surface area contributed by atoms with Gasteiger partial charge in [0.05, 0.1) is 11.4 Å². The molecule has 3 rings (SSSR count). The number of nitrogens with one attached hydrogen (secondary N) is 2. The zero-order valence-electron chi connectivity index (χ0n) is 13.4. The predicted octanol–water partition coefficient (Wildman–Crippen LogP) is 2.15. The molecule has 0 spiro atoms. The zero-order chi connectivity index (χ0) is 15.3. The minimum absolute atomic E-state index is 0.117. The molecule has 0 radical (unpaired) electrons. The molecule has 21 heavy (non-hydrogen) atoms. The summed E-state index contributed by atoms with van der Waals surface area (Å²) in [6.45, 7) is 11.0. The van der Waals surface area contributed by atoms with Crippen LogP contribution in [-0.4, -0.2) is 36.9 Å². The molecule has 0 amide bonds. The first kappa shape index (κ1) is 14.3. The zero-order valence-corrected chi connectivity index (χ0v) is 13.4. The number of piperidine rings is 1. The lowest BCUT2D eigenvalue weighted by atomic mass is 9.79. The van der Waals surface area contributed by atoms with Crippen LogP contribution >= 0.6 is 0 Å². The maximum Gasteiger partial charge on any atom is 0.200 e. The van der Waals surface area contributed by atoms with Crippen molar-refractivity contribution in [3.63, 3.8) is 0 Å². The molecule has 0 bridgehead atoms. The molecule has 1 aliphatic heterocycles. The van der Waals surface area contributed by atoms with Crippen molar-refractivity contribution >= 4 is 11.3 Å². The Balaban J connectivity index is 1.89. The van der Waals surface area contributed by atoms with Crippen LogP contribution < -0.4 is 10.6 Å². The highest BCUT2D eigenvalue weighted by Crippen LogP contribution is 2.31. The van der Waals surface area contributed by atoms with Crippen LogP contribution in [0.3, 0.4) is 0 Å². The van der Waals surface area contributed by atoms with Crippen LogP contribution in [0.5, 0.6) is 0 Å². The van der Waals surface area contributed by atoms with Crippen LogP contribution in [0.1, 0.15) is 46.2 Å². The monoisotopic (exact) mass is 288 g/mol. The molecule has 0 aromatic carbocycles. The summed E-state index contributed by atoms with van der Waals surface area (Å²) >= 11 is 0. The molecule has 1 aliphatic rings. The third kappa shape index (κ3) is 3.00. The van der Waals surface area contributed by atoms with E-state index in [0.717, 1.165) is 29.9 Å². The summed E-state index contributed by atoms with van der Waals surface area (Å²) in [5, 5.41) is 19.9. The second kappa shape index (κ2) is 4.66. The average Bonchev–Trinajstić information content (AvgIpc) is 2.71. The molecule has 0 saturated carbocycles. The van der Waals surface area contributed by atoms with Crippen LogP contribution in [-0.2, 0) is 0 Å². The summed E-state index contributed by atoms with van der Waals surface area (Å²) < 4.78 is 1.73. The molecule has 6 heteroatoms. The molecule has 2 aromatic rings.